The molecule has 0 bridgehead atoms. The fraction of sp³-hybridized carbons (Fsp3) is 0.400. The summed E-state index contributed by atoms with van der Waals surface area (Å²) in [6, 6.07) is 3.09. The number of nitrogens with zero attached hydrogens (tertiary/aromatic N) is 1. The lowest BCUT2D eigenvalue weighted by molar-refractivity contribution is -0.386. The molecule has 0 aromatic heterocycles. The molecule has 0 amide bonds. The summed E-state index contributed by atoms with van der Waals surface area (Å²) in [7, 11) is 0. The summed E-state index contributed by atoms with van der Waals surface area (Å²) in [6.45, 7) is 0.612. The van der Waals surface area contributed by atoms with Crippen LogP contribution in [0.2, 0.25) is 0 Å². The molecule has 0 saturated carbocycles. The van der Waals surface area contributed by atoms with Crippen LogP contribution >= 0.6 is 15.9 Å². The number of rotatable bonds is 5. The maximum Gasteiger partial charge on any atom is 0.312 e. The molecule has 16 heavy (non-hydrogen) atoms. The van der Waals surface area contributed by atoms with Crippen molar-refractivity contribution in [3.8, 4) is 5.75 Å². The molecule has 3 N–H and O–H groups in total. The standard InChI is InChI=1S/C10H13BrN2O3/c11-8-5-7(3-1-2-4-12)6-9(10(8)14)13(15)16/h5-6,14H,1-4,12H2. The zero-order chi connectivity index (χ0) is 12.1. The van der Waals surface area contributed by atoms with Gasteiger partial charge in [-0.25, -0.2) is 0 Å². The number of nitrogens with two attached hydrogens (primary N) is 1. The number of nitro benzene ring substituents is 1. The van der Waals surface area contributed by atoms with Gasteiger partial charge in [0.15, 0.2) is 0 Å². The van der Waals surface area contributed by atoms with E-state index >= 15 is 0 Å². The van der Waals surface area contributed by atoms with Gasteiger partial charge in [0.05, 0.1) is 9.40 Å². The third kappa shape index (κ3) is 3.18. The SMILES string of the molecule is NCCCCc1cc(Br)c(O)c([N+](=O)[O-])c1. The first kappa shape index (κ1) is 12.9. The van der Waals surface area contributed by atoms with Crippen molar-refractivity contribution in [3.63, 3.8) is 0 Å². The van der Waals surface area contributed by atoms with Gasteiger partial charge in [0.25, 0.3) is 0 Å². The highest BCUT2D eigenvalue weighted by Gasteiger charge is 2.17. The van der Waals surface area contributed by atoms with Crippen LogP contribution in [0.1, 0.15) is 18.4 Å². The van der Waals surface area contributed by atoms with E-state index in [-0.39, 0.29) is 11.4 Å². The second-order valence-electron chi connectivity index (χ2n) is 3.45. The van der Waals surface area contributed by atoms with Gasteiger partial charge in [-0.15, -0.1) is 0 Å². The summed E-state index contributed by atoms with van der Waals surface area (Å²) in [4.78, 5) is 10.1. The van der Waals surface area contributed by atoms with Crippen molar-refractivity contribution in [2.75, 3.05) is 6.54 Å². The number of benzene rings is 1. The topological polar surface area (TPSA) is 89.4 Å². The van der Waals surface area contributed by atoms with E-state index in [1.165, 1.54) is 6.07 Å². The number of halogens is 1. The van der Waals surface area contributed by atoms with Crippen LogP contribution in [0.15, 0.2) is 16.6 Å². The maximum absolute atomic E-state index is 10.7. The first-order valence-electron chi connectivity index (χ1n) is 4.92. The minimum Gasteiger partial charge on any atom is -0.501 e. The Hall–Kier alpha value is -1.14. The molecular formula is C10H13BrN2O3. The molecule has 88 valence electrons. The number of aromatic hydroxyl groups is 1. The molecule has 6 heteroatoms. The summed E-state index contributed by atoms with van der Waals surface area (Å²) in [5.41, 5.74) is 5.92. The fourth-order valence-electron chi connectivity index (χ4n) is 1.40. The number of phenols is 1. The van der Waals surface area contributed by atoms with Gasteiger partial charge >= 0.3 is 5.69 Å². The largest absolute Gasteiger partial charge is 0.501 e. The van der Waals surface area contributed by atoms with E-state index in [0.717, 1.165) is 24.8 Å². The van der Waals surface area contributed by atoms with E-state index < -0.39 is 4.92 Å². The summed E-state index contributed by atoms with van der Waals surface area (Å²) in [5.74, 6) is -0.326. The van der Waals surface area contributed by atoms with Gasteiger partial charge in [-0.1, -0.05) is 0 Å². The van der Waals surface area contributed by atoms with Crippen molar-refractivity contribution >= 4 is 21.6 Å². The lowest BCUT2D eigenvalue weighted by atomic mass is 10.1. The van der Waals surface area contributed by atoms with Crippen LogP contribution in [0.3, 0.4) is 0 Å². The van der Waals surface area contributed by atoms with Gasteiger partial charge in [0.2, 0.25) is 5.75 Å². The van der Waals surface area contributed by atoms with Crippen molar-refractivity contribution in [3.05, 3.63) is 32.3 Å². The average molecular weight is 289 g/mol. The molecule has 0 aliphatic heterocycles. The Morgan fingerprint density at radius 3 is 2.69 bits per heavy atom. The molecule has 0 heterocycles. The lowest BCUT2D eigenvalue weighted by Crippen LogP contribution is -1.99. The van der Waals surface area contributed by atoms with E-state index in [0.29, 0.717) is 11.0 Å². The number of hydrogen-bond donors (Lipinski definition) is 2. The second-order valence-corrected chi connectivity index (χ2v) is 4.30. The summed E-state index contributed by atoms with van der Waals surface area (Å²) in [6.07, 6.45) is 2.48. The number of aryl methyl sites for hydroxylation is 1. The fourth-order valence-corrected chi connectivity index (χ4v) is 1.89. The highest BCUT2D eigenvalue weighted by molar-refractivity contribution is 9.10. The number of nitro groups is 1. The molecular weight excluding hydrogens is 276 g/mol. The van der Waals surface area contributed by atoms with E-state index in [1.807, 2.05) is 0 Å². The van der Waals surface area contributed by atoms with Crippen LogP contribution in [-0.4, -0.2) is 16.6 Å². The normalized spacial score (nSPS) is 10.4. The minimum absolute atomic E-state index is 0.267. The van der Waals surface area contributed by atoms with Gasteiger partial charge in [0.1, 0.15) is 0 Å². The molecule has 0 unspecified atom stereocenters. The molecule has 0 atom stereocenters. The van der Waals surface area contributed by atoms with Crippen LogP contribution in [-0.2, 0) is 6.42 Å². The number of unbranched alkanes of at least 4 members (excludes halogenated alkanes) is 1. The zero-order valence-corrected chi connectivity index (χ0v) is 10.2. The van der Waals surface area contributed by atoms with Crippen molar-refractivity contribution in [1.29, 1.82) is 0 Å². The smallest absolute Gasteiger partial charge is 0.312 e. The van der Waals surface area contributed by atoms with E-state index in [2.05, 4.69) is 15.9 Å². The van der Waals surface area contributed by atoms with Crippen LogP contribution in [0.4, 0.5) is 5.69 Å². The van der Waals surface area contributed by atoms with Gasteiger partial charge in [-0.2, -0.15) is 0 Å². The zero-order valence-electron chi connectivity index (χ0n) is 8.65. The van der Waals surface area contributed by atoms with Crippen molar-refractivity contribution in [2.24, 2.45) is 5.73 Å². The first-order valence-corrected chi connectivity index (χ1v) is 5.71. The van der Waals surface area contributed by atoms with E-state index in [4.69, 9.17) is 5.73 Å². The summed E-state index contributed by atoms with van der Waals surface area (Å²) >= 11 is 3.10. The molecule has 0 radical (unpaired) electrons. The molecule has 0 fully saturated rings. The Bertz CT molecular complexity index is 396. The summed E-state index contributed by atoms with van der Waals surface area (Å²) in [5, 5.41) is 20.1. The van der Waals surface area contributed by atoms with Gasteiger partial charge in [-0.05, 0) is 53.4 Å². The quantitative estimate of drug-likeness (QED) is 0.494. The predicted molar refractivity (Wildman–Crippen MR) is 64.5 cm³/mol. The lowest BCUT2D eigenvalue weighted by Gasteiger charge is -2.04. The predicted octanol–water partition coefficient (Wildman–Crippen LogP) is 2.34. The van der Waals surface area contributed by atoms with E-state index in [9.17, 15) is 15.2 Å². The second kappa shape index (κ2) is 5.81. The third-order valence-electron chi connectivity index (χ3n) is 2.22. The van der Waals surface area contributed by atoms with Crippen LogP contribution < -0.4 is 5.73 Å². The Morgan fingerprint density at radius 2 is 2.12 bits per heavy atom. The highest BCUT2D eigenvalue weighted by Crippen LogP contribution is 2.35. The van der Waals surface area contributed by atoms with Crippen molar-refractivity contribution in [1.82, 2.24) is 0 Å². The van der Waals surface area contributed by atoms with Gasteiger partial charge in [0, 0.05) is 6.07 Å². The Balaban J connectivity index is 2.91. The Labute approximate surface area is 102 Å². The van der Waals surface area contributed by atoms with E-state index in [1.54, 1.807) is 6.07 Å². The maximum atomic E-state index is 10.7. The Morgan fingerprint density at radius 1 is 1.44 bits per heavy atom. The highest BCUT2D eigenvalue weighted by atomic mass is 79.9. The van der Waals surface area contributed by atoms with Crippen molar-refractivity contribution in [2.45, 2.75) is 19.3 Å². The third-order valence-corrected chi connectivity index (χ3v) is 2.82. The molecule has 1 aromatic rings. The van der Waals surface area contributed by atoms with Crippen LogP contribution in [0, 0.1) is 10.1 Å². The number of phenolic OH excluding ortho intramolecular Hbond substituents is 1. The average Bonchev–Trinajstić information content (AvgIpc) is 2.23. The number of hydrogen-bond acceptors (Lipinski definition) is 4. The van der Waals surface area contributed by atoms with Crippen molar-refractivity contribution < 1.29 is 10.0 Å². The molecule has 0 aliphatic rings. The van der Waals surface area contributed by atoms with Gasteiger partial charge in [-0.3, -0.25) is 10.1 Å². The van der Waals surface area contributed by atoms with Crippen LogP contribution in [0.5, 0.6) is 5.75 Å². The molecule has 5 nitrogen and oxygen atoms in total. The Kier molecular flexibility index (Phi) is 4.70. The molecule has 1 rings (SSSR count). The van der Waals surface area contributed by atoms with Crippen LogP contribution in [0.25, 0.3) is 0 Å². The monoisotopic (exact) mass is 288 g/mol. The molecule has 0 saturated heterocycles. The minimum atomic E-state index is -0.591. The molecule has 1 aromatic carbocycles. The molecule has 0 spiro atoms. The molecule has 0 aliphatic carbocycles. The van der Waals surface area contributed by atoms with Gasteiger partial charge < -0.3 is 10.8 Å². The summed E-state index contributed by atoms with van der Waals surface area (Å²) < 4.78 is 0.351. The first-order chi connectivity index (χ1) is 7.56.